The summed E-state index contributed by atoms with van der Waals surface area (Å²) in [6.07, 6.45) is 2.59. The molecule has 0 aromatic carbocycles. The van der Waals surface area contributed by atoms with Gasteiger partial charge in [0.25, 0.3) is 0 Å². The van der Waals surface area contributed by atoms with Gasteiger partial charge >= 0.3 is 0 Å². The van der Waals surface area contributed by atoms with Gasteiger partial charge in [-0.05, 0) is 6.42 Å². The Kier molecular flexibility index (Phi) is 3.03. The van der Waals surface area contributed by atoms with Crippen molar-refractivity contribution in [1.82, 2.24) is 9.97 Å². The minimum absolute atomic E-state index is 0.119. The van der Waals surface area contributed by atoms with Gasteiger partial charge in [0.1, 0.15) is 6.07 Å². The van der Waals surface area contributed by atoms with Crippen LogP contribution in [0.2, 0.25) is 0 Å². The number of H-pyrrole nitrogens is 1. The fraction of sp³-hybridized carbons (Fsp3) is 0.375. The first-order valence-corrected chi connectivity index (χ1v) is 4.01. The molecule has 0 fully saturated rings. The number of aromatic nitrogens is 2. The van der Waals surface area contributed by atoms with E-state index in [9.17, 15) is 4.79 Å². The molecular formula is C8H10N4O. The molecule has 1 amide bonds. The van der Waals surface area contributed by atoms with Crippen molar-refractivity contribution in [2.24, 2.45) is 0 Å². The molecule has 1 aromatic rings. The normalized spacial score (nSPS) is 9.23. The van der Waals surface area contributed by atoms with E-state index < -0.39 is 0 Å². The average molecular weight is 178 g/mol. The fourth-order valence-corrected chi connectivity index (χ4v) is 0.896. The van der Waals surface area contributed by atoms with Gasteiger partial charge in [0, 0.05) is 6.42 Å². The van der Waals surface area contributed by atoms with Crippen molar-refractivity contribution >= 4 is 11.7 Å². The number of aromatic amines is 1. The Labute approximate surface area is 75.8 Å². The Morgan fingerprint density at radius 2 is 2.62 bits per heavy atom. The zero-order valence-electron chi connectivity index (χ0n) is 7.29. The lowest BCUT2D eigenvalue weighted by molar-refractivity contribution is -0.116. The molecular weight excluding hydrogens is 168 g/mol. The molecule has 0 saturated heterocycles. The van der Waals surface area contributed by atoms with Crippen molar-refractivity contribution in [2.45, 2.75) is 19.8 Å². The number of imidazole rings is 1. The van der Waals surface area contributed by atoms with Gasteiger partial charge in [0.05, 0.1) is 6.33 Å². The molecule has 5 nitrogen and oxygen atoms in total. The Morgan fingerprint density at radius 3 is 3.23 bits per heavy atom. The first-order chi connectivity index (χ1) is 6.27. The van der Waals surface area contributed by atoms with Crippen LogP contribution < -0.4 is 5.32 Å². The van der Waals surface area contributed by atoms with Gasteiger partial charge in [-0.15, -0.1) is 0 Å². The van der Waals surface area contributed by atoms with E-state index in [0.29, 0.717) is 12.2 Å². The van der Waals surface area contributed by atoms with Gasteiger partial charge in [0.15, 0.2) is 11.5 Å². The lowest BCUT2D eigenvalue weighted by atomic mass is 10.3. The van der Waals surface area contributed by atoms with Crippen molar-refractivity contribution in [3.8, 4) is 6.07 Å². The Balaban J connectivity index is 2.64. The number of anilines is 1. The molecule has 0 aliphatic rings. The maximum absolute atomic E-state index is 11.1. The van der Waals surface area contributed by atoms with Crippen LogP contribution in [0.3, 0.4) is 0 Å². The minimum atomic E-state index is -0.119. The summed E-state index contributed by atoms with van der Waals surface area (Å²) in [4.78, 5) is 17.5. The van der Waals surface area contributed by atoms with Crippen molar-refractivity contribution in [3.05, 3.63) is 12.0 Å². The van der Waals surface area contributed by atoms with Crippen LogP contribution in [0.1, 0.15) is 25.5 Å². The van der Waals surface area contributed by atoms with Gasteiger partial charge < -0.3 is 10.3 Å². The number of nitrogens with one attached hydrogen (secondary N) is 2. The van der Waals surface area contributed by atoms with Crippen LogP contribution in [0.4, 0.5) is 5.82 Å². The van der Waals surface area contributed by atoms with E-state index in [-0.39, 0.29) is 11.6 Å². The highest BCUT2D eigenvalue weighted by Crippen LogP contribution is 2.07. The molecule has 0 radical (unpaired) electrons. The monoisotopic (exact) mass is 178 g/mol. The molecule has 68 valence electrons. The zero-order chi connectivity index (χ0) is 9.68. The number of carbonyl (C=O) groups is 1. The summed E-state index contributed by atoms with van der Waals surface area (Å²) >= 11 is 0. The van der Waals surface area contributed by atoms with Crippen LogP contribution in [0.5, 0.6) is 0 Å². The summed E-state index contributed by atoms with van der Waals surface area (Å²) in [5, 5.41) is 11.1. The fourth-order valence-electron chi connectivity index (χ4n) is 0.896. The van der Waals surface area contributed by atoms with Crippen molar-refractivity contribution in [2.75, 3.05) is 5.32 Å². The highest BCUT2D eigenvalue weighted by atomic mass is 16.1. The number of nitrogens with zero attached hydrogens (tertiary/aromatic N) is 2. The molecule has 13 heavy (non-hydrogen) atoms. The van der Waals surface area contributed by atoms with Crippen LogP contribution in [0, 0.1) is 11.3 Å². The van der Waals surface area contributed by atoms with Gasteiger partial charge in [-0.2, -0.15) is 5.26 Å². The summed E-state index contributed by atoms with van der Waals surface area (Å²) in [7, 11) is 0. The summed E-state index contributed by atoms with van der Waals surface area (Å²) in [5.41, 5.74) is 0.282. The average Bonchev–Trinajstić information content (AvgIpc) is 2.52. The molecule has 1 heterocycles. The largest absolute Gasteiger partial charge is 0.335 e. The maximum atomic E-state index is 11.1. The van der Waals surface area contributed by atoms with Crippen LogP contribution in [0.15, 0.2) is 6.33 Å². The number of hydrogen-bond donors (Lipinski definition) is 2. The van der Waals surface area contributed by atoms with Crippen molar-refractivity contribution in [1.29, 1.82) is 5.26 Å². The molecule has 0 aliphatic carbocycles. The van der Waals surface area contributed by atoms with E-state index in [1.165, 1.54) is 6.33 Å². The molecule has 1 rings (SSSR count). The first-order valence-electron chi connectivity index (χ1n) is 4.01. The number of nitriles is 1. The lowest BCUT2D eigenvalue weighted by Crippen LogP contribution is -2.11. The second-order valence-corrected chi connectivity index (χ2v) is 2.54. The highest BCUT2D eigenvalue weighted by Gasteiger charge is 2.07. The van der Waals surface area contributed by atoms with Crippen LogP contribution in [-0.4, -0.2) is 15.9 Å². The van der Waals surface area contributed by atoms with Crippen LogP contribution >= 0.6 is 0 Å². The quantitative estimate of drug-likeness (QED) is 0.724. The molecule has 5 heteroatoms. The van der Waals surface area contributed by atoms with Crippen molar-refractivity contribution in [3.63, 3.8) is 0 Å². The zero-order valence-corrected chi connectivity index (χ0v) is 7.29. The van der Waals surface area contributed by atoms with E-state index in [1.54, 1.807) is 0 Å². The number of carbonyl (C=O) groups excluding carboxylic acids is 1. The van der Waals surface area contributed by atoms with E-state index in [4.69, 9.17) is 5.26 Å². The van der Waals surface area contributed by atoms with Gasteiger partial charge in [-0.1, -0.05) is 6.92 Å². The van der Waals surface area contributed by atoms with Gasteiger partial charge in [-0.3, -0.25) is 4.79 Å². The minimum Gasteiger partial charge on any atom is -0.335 e. The lowest BCUT2D eigenvalue weighted by Gasteiger charge is -1.99. The summed E-state index contributed by atoms with van der Waals surface area (Å²) in [6, 6.07) is 1.89. The summed E-state index contributed by atoms with van der Waals surface area (Å²) in [6.45, 7) is 1.91. The number of amides is 1. The predicted molar refractivity (Wildman–Crippen MR) is 46.8 cm³/mol. The Hall–Kier alpha value is -1.83. The molecule has 0 spiro atoms. The molecule has 1 aromatic heterocycles. The molecule has 0 atom stereocenters. The van der Waals surface area contributed by atoms with E-state index >= 15 is 0 Å². The first kappa shape index (κ1) is 9.26. The van der Waals surface area contributed by atoms with Crippen LogP contribution in [0.25, 0.3) is 0 Å². The molecule has 0 bridgehead atoms. The number of hydrogen-bond acceptors (Lipinski definition) is 3. The van der Waals surface area contributed by atoms with Gasteiger partial charge in [0.2, 0.25) is 5.91 Å². The van der Waals surface area contributed by atoms with Crippen molar-refractivity contribution < 1.29 is 4.79 Å². The topological polar surface area (TPSA) is 81.6 Å². The number of rotatable bonds is 3. The third-order valence-electron chi connectivity index (χ3n) is 1.49. The molecule has 0 saturated carbocycles. The second-order valence-electron chi connectivity index (χ2n) is 2.54. The van der Waals surface area contributed by atoms with Crippen LogP contribution in [-0.2, 0) is 4.79 Å². The predicted octanol–water partition coefficient (Wildman–Crippen LogP) is 1.02. The summed E-state index contributed by atoms with van der Waals surface area (Å²) < 4.78 is 0. The third kappa shape index (κ3) is 2.30. The smallest absolute Gasteiger partial charge is 0.225 e. The third-order valence-corrected chi connectivity index (χ3v) is 1.49. The van der Waals surface area contributed by atoms with E-state index in [1.807, 2.05) is 13.0 Å². The second kappa shape index (κ2) is 4.26. The molecule has 0 unspecified atom stereocenters. The SMILES string of the molecule is CCCC(=O)Nc1nc[nH]c1C#N. The van der Waals surface area contributed by atoms with E-state index in [2.05, 4.69) is 15.3 Å². The Morgan fingerprint density at radius 1 is 1.85 bits per heavy atom. The maximum Gasteiger partial charge on any atom is 0.225 e. The van der Waals surface area contributed by atoms with Gasteiger partial charge in [-0.25, -0.2) is 4.98 Å². The Bertz CT molecular complexity index is 336. The molecule has 2 N–H and O–H groups in total. The highest BCUT2D eigenvalue weighted by molar-refractivity contribution is 5.90. The molecule has 0 aliphatic heterocycles. The summed E-state index contributed by atoms with van der Waals surface area (Å²) in [5.74, 6) is 0.187. The standard InChI is InChI=1S/C8H10N4O/c1-2-3-7(13)12-8-6(4-9)10-5-11-8/h5H,2-3H2,1H3,(H,10,11)(H,12,13). The van der Waals surface area contributed by atoms with E-state index in [0.717, 1.165) is 6.42 Å².